The van der Waals surface area contributed by atoms with Gasteiger partial charge in [0.2, 0.25) is 5.91 Å². The summed E-state index contributed by atoms with van der Waals surface area (Å²) in [7, 11) is 0. The molecule has 17 heavy (non-hydrogen) atoms. The number of rotatable bonds is 10. The summed E-state index contributed by atoms with van der Waals surface area (Å²) in [4.78, 5) is 22.3. The van der Waals surface area contributed by atoms with Crippen molar-refractivity contribution in [3.8, 4) is 0 Å². The van der Waals surface area contributed by atoms with Gasteiger partial charge in [0.1, 0.15) is 0 Å². The SMILES string of the molecule is CSCCC(=O)NCCCOC(=O)CCSC. The van der Waals surface area contributed by atoms with Crippen LogP contribution in [0.3, 0.4) is 0 Å². The maximum atomic E-state index is 11.2. The molecule has 6 heteroatoms. The molecule has 0 rings (SSSR count). The summed E-state index contributed by atoms with van der Waals surface area (Å²) in [6.45, 7) is 0.957. The van der Waals surface area contributed by atoms with Crippen LogP contribution < -0.4 is 5.32 Å². The van der Waals surface area contributed by atoms with Gasteiger partial charge in [0.05, 0.1) is 13.0 Å². The van der Waals surface area contributed by atoms with Crippen LogP contribution in [0.15, 0.2) is 0 Å². The predicted octanol–water partition coefficient (Wildman–Crippen LogP) is 1.54. The molecular weight excluding hydrogens is 258 g/mol. The molecule has 0 aliphatic rings. The molecule has 0 radical (unpaired) electrons. The second kappa shape index (κ2) is 12.1. The zero-order chi connectivity index (χ0) is 12.9. The minimum absolute atomic E-state index is 0.0630. The summed E-state index contributed by atoms with van der Waals surface area (Å²) in [5.41, 5.74) is 0. The van der Waals surface area contributed by atoms with Crippen LogP contribution in [0.5, 0.6) is 0 Å². The first-order valence-corrected chi connectivity index (χ1v) is 8.39. The van der Waals surface area contributed by atoms with Gasteiger partial charge in [0.25, 0.3) is 0 Å². The molecular formula is C11H21NO3S2. The molecule has 1 N–H and O–H groups in total. The highest BCUT2D eigenvalue weighted by Gasteiger charge is 2.02. The smallest absolute Gasteiger partial charge is 0.306 e. The fraction of sp³-hybridized carbons (Fsp3) is 0.818. The van der Waals surface area contributed by atoms with Crippen molar-refractivity contribution in [1.82, 2.24) is 5.32 Å². The van der Waals surface area contributed by atoms with Gasteiger partial charge in [-0.05, 0) is 18.9 Å². The van der Waals surface area contributed by atoms with Crippen molar-refractivity contribution in [2.45, 2.75) is 19.3 Å². The molecule has 0 aliphatic carbocycles. The number of amides is 1. The van der Waals surface area contributed by atoms with E-state index in [-0.39, 0.29) is 11.9 Å². The summed E-state index contributed by atoms with van der Waals surface area (Å²) in [6.07, 6.45) is 5.62. The van der Waals surface area contributed by atoms with E-state index in [1.165, 1.54) is 0 Å². The standard InChI is InChI=1S/C11H21NO3S2/c1-16-8-4-10(13)12-6-3-7-15-11(14)5-9-17-2/h3-9H2,1-2H3,(H,12,13). The van der Waals surface area contributed by atoms with Gasteiger partial charge in [-0.15, -0.1) is 0 Å². The Bertz CT molecular complexity index is 203. The highest BCUT2D eigenvalue weighted by molar-refractivity contribution is 7.98. The maximum absolute atomic E-state index is 11.2. The van der Waals surface area contributed by atoms with Crippen molar-refractivity contribution in [3.05, 3.63) is 0 Å². The second-order valence-electron chi connectivity index (χ2n) is 3.41. The Kier molecular flexibility index (Phi) is 11.8. The van der Waals surface area contributed by atoms with Crippen molar-refractivity contribution < 1.29 is 14.3 Å². The molecule has 0 atom stereocenters. The van der Waals surface area contributed by atoms with E-state index < -0.39 is 0 Å². The number of esters is 1. The number of hydrogen-bond donors (Lipinski definition) is 1. The summed E-state index contributed by atoms with van der Waals surface area (Å²) in [5, 5.41) is 2.79. The molecule has 0 aromatic heterocycles. The number of thioether (sulfide) groups is 2. The zero-order valence-corrected chi connectivity index (χ0v) is 12.1. The Morgan fingerprint density at radius 1 is 1.12 bits per heavy atom. The van der Waals surface area contributed by atoms with Gasteiger partial charge in [0.15, 0.2) is 0 Å². The van der Waals surface area contributed by atoms with E-state index in [4.69, 9.17) is 4.74 Å². The van der Waals surface area contributed by atoms with Crippen LogP contribution in [-0.4, -0.2) is 49.0 Å². The lowest BCUT2D eigenvalue weighted by molar-refractivity contribution is -0.143. The van der Waals surface area contributed by atoms with Crippen molar-refractivity contribution in [3.63, 3.8) is 0 Å². The van der Waals surface area contributed by atoms with Gasteiger partial charge in [-0.25, -0.2) is 0 Å². The monoisotopic (exact) mass is 279 g/mol. The van der Waals surface area contributed by atoms with Crippen molar-refractivity contribution in [1.29, 1.82) is 0 Å². The third kappa shape index (κ3) is 11.9. The Labute approximate surface area is 112 Å². The van der Waals surface area contributed by atoms with E-state index in [1.54, 1.807) is 23.5 Å². The third-order valence-electron chi connectivity index (χ3n) is 1.95. The van der Waals surface area contributed by atoms with Gasteiger partial charge in [-0.2, -0.15) is 23.5 Å². The first-order chi connectivity index (χ1) is 8.20. The van der Waals surface area contributed by atoms with Crippen LogP contribution in [0.1, 0.15) is 19.3 Å². The molecule has 0 aromatic rings. The second-order valence-corrected chi connectivity index (χ2v) is 5.38. The lowest BCUT2D eigenvalue weighted by atomic mass is 10.4. The van der Waals surface area contributed by atoms with Crippen molar-refractivity contribution in [2.75, 3.05) is 37.2 Å². The normalized spacial score (nSPS) is 10.0. The van der Waals surface area contributed by atoms with Crippen molar-refractivity contribution in [2.24, 2.45) is 0 Å². The summed E-state index contributed by atoms with van der Waals surface area (Å²) < 4.78 is 5.00. The van der Waals surface area contributed by atoms with Gasteiger partial charge in [-0.3, -0.25) is 9.59 Å². The maximum Gasteiger partial charge on any atom is 0.306 e. The molecule has 4 nitrogen and oxygen atoms in total. The van der Waals surface area contributed by atoms with E-state index in [0.29, 0.717) is 32.4 Å². The lowest BCUT2D eigenvalue weighted by Gasteiger charge is -2.06. The molecule has 0 fully saturated rings. The van der Waals surface area contributed by atoms with E-state index >= 15 is 0 Å². The van der Waals surface area contributed by atoms with Crippen LogP contribution in [0, 0.1) is 0 Å². The van der Waals surface area contributed by atoms with E-state index in [2.05, 4.69) is 5.32 Å². The van der Waals surface area contributed by atoms with E-state index in [1.807, 2.05) is 12.5 Å². The third-order valence-corrected chi connectivity index (χ3v) is 3.17. The molecule has 0 saturated heterocycles. The molecule has 0 aromatic carbocycles. The molecule has 0 bridgehead atoms. The number of hydrogen-bond acceptors (Lipinski definition) is 5. The predicted molar refractivity (Wildman–Crippen MR) is 74.6 cm³/mol. The minimum atomic E-state index is -0.159. The average Bonchev–Trinajstić information content (AvgIpc) is 2.33. The molecule has 0 saturated carbocycles. The number of nitrogens with one attached hydrogen (secondary N) is 1. The van der Waals surface area contributed by atoms with Crippen LogP contribution in [0.25, 0.3) is 0 Å². The number of carbonyl (C=O) groups excluding carboxylic acids is 2. The molecule has 0 aliphatic heterocycles. The van der Waals surface area contributed by atoms with Crippen LogP contribution in [0.4, 0.5) is 0 Å². The fourth-order valence-electron chi connectivity index (χ4n) is 1.03. The number of ether oxygens (including phenoxy) is 1. The molecule has 0 spiro atoms. The van der Waals surface area contributed by atoms with Crippen LogP contribution in [0.2, 0.25) is 0 Å². The summed E-state index contributed by atoms with van der Waals surface area (Å²) in [5.74, 6) is 1.54. The Hall–Kier alpha value is -0.360. The lowest BCUT2D eigenvalue weighted by Crippen LogP contribution is -2.25. The van der Waals surface area contributed by atoms with Crippen LogP contribution in [-0.2, 0) is 14.3 Å². The fourth-order valence-corrected chi connectivity index (χ4v) is 1.79. The minimum Gasteiger partial charge on any atom is -0.466 e. The van der Waals surface area contributed by atoms with Gasteiger partial charge >= 0.3 is 5.97 Å². The van der Waals surface area contributed by atoms with E-state index in [9.17, 15) is 9.59 Å². The average molecular weight is 279 g/mol. The van der Waals surface area contributed by atoms with Crippen LogP contribution >= 0.6 is 23.5 Å². The van der Waals surface area contributed by atoms with Gasteiger partial charge in [-0.1, -0.05) is 0 Å². The topological polar surface area (TPSA) is 55.4 Å². The Morgan fingerprint density at radius 2 is 1.76 bits per heavy atom. The first-order valence-electron chi connectivity index (χ1n) is 5.61. The Balaban J connectivity index is 3.28. The van der Waals surface area contributed by atoms with Gasteiger partial charge < -0.3 is 10.1 Å². The summed E-state index contributed by atoms with van der Waals surface area (Å²) in [6, 6.07) is 0. The summed E-state index contributed by atoms with van der Waals surface area (Å²) >= 11 is 3.28. The quantitative estimate of drug-likeness (QED) is 0.485. The van der Waals surface area contributed by atoms with Crippen molar-refractivity contribution >= 4 is 35.4 Å². The van der Waals surface area contributed by atoms with Gasteiger partial charge in [0, 0.05) is 24.5 Å². The first kappa shape index (κ1) is 16.6. The highest BCUT2D eigenvalue weighted by atomic mass is 32.2. The largest absolute Gasteiger partial charge is 0.466 e. The molecule has 100 valence electrons. The number of carbonyl (C=O) groups is 2. The Morgan fingerprint density at radius 3 is 2.41 bits per heavy atom. The highest BCUT2D eigenvalue weighted by Crippen LogP contribution is 1.98. The molecule has 0 heterocycles. The zero-order valence-electron chi connectivity index (χ0n) is 10.5. The molecule has 0 unspecified atom stereocenters. The van der Waals surface area contributed by atoms with E-state index in [0.717, 1.165) is 11.5 Å². The molecule has 1 amide bonds.